The van der Waals surface area contributed by atoms with E-state index in [-0.39, 0.29) is 0 Å². The molecule has 0 spiro atoms. The molecule has 13 heavy (non-hydrogen) atoms. The quantitative estimate of drug-likeness (QED) is 0.563. The zero-order chi connectivity index (χ0) is 10.2. The van der Waals surface area contributed by atoms with E-state index in [4.69, 9.17) is 4.74 Å². The van der Waals surface area contributed by atoms with E-state index >= 15 is 0 Å². The molecular weight excluding hydrogens is 166 g/mol. The fourth-order valence-electron chi connectivity index (χ4n) is 0.963. The molecule has 0 saturated carbocycles. The van der Waals surface area contributed by atoms with Crippen molar-refractivity contribution in [2.45, 2.75) is 39.2 Å². The van der Waals surface area contributed by atoms with E-state index in [0.717, 1.165) is 39.1 Å². The van der Waals surface area contributed by atoms with Gasteiger partial charge in [0.05, 0.1) is 5.60 Å². The summed E-state index contributed by atoms with van der Waals surface area (Å²) in [6, 6.07) is 0. The largest absolute Gasteiger partial charge is 0.390 e. The van der Waals surface area contributed by atoms with Crippen molar-refractivity contribution in [1.82, 2.24) is 5.32 Å². The van der Waals surface area contributed by atoms with Gasteiger partial charge in [0.2, 0.25) is 0 Å². The zero-order valence-corrected chi connectivity index (χ0v) is 9.10. The lowest BCUT2D eigenvalue weighted by atomic mass is 10.1. The first-order valence-corrected chi connectivity index (χ1v) is 5.07. The Balaban J connectivity index is 3.00. The van der Waals surface area contributed by atoms with Crippen LogP contribution >= 0.6 is 0 Å². The molecule has 0 atom stereocenters. The predicted molar refractivity (Wildman–Crippen MR) is 54.9 cm³/mol. The second-order valence-electron chi connectivity index (χ2n) is 3.86. The maximum absolute atomic E-state index is 9.39. The van der Waals surface area contributed by atoms with Crippen molar-refractivity contribution in [3.8, 4) is 0 Å². The van der Waals surface area contributed by atoms with E-state index < -0.39 is 5.60 Å². The van der Waals surface area contributed by atoms with Gasteiger partial charge in [-0.05, 0) is 46.7 Å². The van der Waals surface area contributed by atoms with Crippen LogP contribution in [-0.2, 0) is 4.74 Å². The van der Waals surface area contributed by atoms with Crippen molar-refractivity contribution in [1.29, 1.82) is 0 Å². The van der Waals surface area contributed by atoms with E-state index in [1.807, 2.05) is 20.8 Å². The van der Waals surface area contributed by atoms with Crippen LogP contribution in [0.3, 0.4) is 0 Å². The summed E-state index contributed by atoms with van der Waals surface area (Å²) in [5.41, 5.74) is -0.549. The van der Waals surface area contributed by atoms with Gasteiger partial charge < -0.3 is 15.2 Å². The molecule has 0 bridgehead atoms. The highest BCUT2D eigenvalue weighted by Crippen LogP contribution is 2.04. The molecular formula is C10H23NO2. The van der Waals surface area contributed by atoms with Crippen molar-refractivity contribution < 1.29 is 9.84 Å². The topological polar surface area (TPSA) is 41.5 Å². The van der Waals surface area contributed by atoms with Crippen LogP contribution in [0.25, 0.3) is 0 Å². The summed E-state index contributed by atoms with van der Waals surface area (Å²) in [6.07, 6.45) is 1.83. The Hall–Kier alpha value is -0.120. The summed E-state index contributed by atoms with van der Waals surface area (Å²) in [5, 5.41) is 12.7. The third kappa shape index (κ3) is 11.9. The lowest BCUT2D eigenvalue weighted by molar-refractivity contribution is 0.0709. The van der Waals surface area contributed by atoms with Gasteiger partial charge in [-0.2, -0.15) is 0 Å². The van der Waals surface area contributed by atoms with Crippen LogP contribution in [0.4, 0.5) is 0 Å². The highest BCUT2D eigenvalue weighted by Gasteiger charge is 2.10. The molecule has 0 aromatic carbocycles. The molecule has 0 aromatic heterocycles. The normalized spacial score (nSPS) is 12.0. The lowest BCUT2D eigenvalue weighted by Crippen LogP contribution is -2.27. The van der Waals surface area contributed by atoms with Gasteiger partial charge in [-0.1, -0.05) is 0 Å². The minimum absolute atomic E-state index is 0.549. The van der Waals surface area contributed by atoms with Crippen LogP contribution in [0.2, 0.25) is 0 Å². The van der Waals surface area contributed by atoms with Crippen LogP contribution in [0.1, 0.15) is 33.6 Å². The van der Waals surface area contributed by atoms with E-state index in [1.54, 1.807) is 0 Å². The summed E-state index contributed by atoms with van der Waals surface area (Å²) >= 11 is 0. The summed E-state index contributed by atoms with van der Waals surface area (Å²) in [7, 11) is 0. The van der Waals surface area contributed by atoms with Crippen molar-refractivity contribution in [3.63, 3.8) is 0 Å². The van der Waals surface area contributed by atoms with Gasteiger partial charge in [0.15, 0.2) is 0 Å². The number of ether oxygens (including phenoxy) is 1. The average Bonchev–Trinajstić information content (AvgIpc) is 2.01. The van der Waals surface area contributed by atoms with Crippen LogP contribution in [-0.4, -0.2) is 37.0 Å². The average molecular weight is 189 g/mol. The van der Waals surface area contributed by atoms with E-state index in [1.165, 1.54) is 0 Å². The fraction of sp³-hybridized carbons (Fsp3) is 1.00. The van der Waals surface area contributed by atoms with Gasteiger partial charge in [0, 0.05) is 13.2 Å². The maximum atomic E-state index is 9.39. The molecule has 0 radical (unpaired) electrons. The fourth-order valence-corrected chi connectivity index (χ4v) is 0.963. The van der Waals surface area contributed by atoms with Crippen molar-refractivity contribution >= 4 is 0 Å². The molecule has 0 unspecified atom stereocenters. The van der Waals surface area contributed by atoms with Crippen molar-refractivity contribution in [2.24, 2.45) is 0 Å². The second kappa shape index (κ2) is 7.30. The Kier molecular flexibility index (Phi) is 7.23. The molecule has 0 aromatic rings. The monoisotopic (exact) mass is 189 g/mol. The van der Waals surface area contributed by atoms with Crippen molar-refractivity contribution in [2.75, 3.05) is 26.3 Å². The number of hydrogen-bond donors (Lipinski definition) is 2. The van der Waals surface area contributed by atoms with Crippen LogP contribution in [0.5, 0.6) is 0 Å². The van der Waals surface area contributed by atoms with Gasteiger partial charge in [-0.3, -0.25) is 0 Å². The van der Waals surface area contributed by atoms with Gasteiger partial charge >= 0.3 is 0 Å². The molecule has 0 heterocycles. The first-order chi connectivity index (χ1) is 6.06. The highest BCUT2D eigenvalue weighted by atomic mass is 16.5. The van der Waals surface area contributed by atoms with Crippen LogP contribution in [0.15, 0.2) is 0 Å². The van der Waals surface area contributed by atoms with E-state index in [0.29, 0.717) is 0 Å². The number of hydrogen-bond acceptors (Lipinski definition) is 3. The third-order valence-corrected chi connectivity index (χ3v) is 1.76. The summed E-state index contributed by atoms with van der Waals surface area (Å²) in [5.74, 6) is 0. The third-order valence-electron chi connectivity index (χ3n) is 1.76. The molecule has 2 N–H and O–H groups in total. The second-order valence-corrected chi connectivity index (χ2v) is 3.86. The van der Waals surface area contributed by atoms with E-state index in [9.17, 15) is 5.11 Å². The molecule has 0 aliphatic heterocycles. The molecule has 0 fully saturated rings. The van der Waals surface area contributed by atoms with Crippen LogP contribution in [0, 0.1) is 0 Å². The summed E-state index contributed by atoms with van der Waals surface area (Å²) in [4.78, 5) is 0. The zero-order valence-electron chi connectivity index (χ0n) is 9.10. The molecule has 0 aliphatic carbocycles. The SMILES string of the molecule is CCOCCCNCCC(C)(C)O. The number of rotatable bonds is 8. The molecule has 0 rings (SSSR count). The van der Waals surface area contributed by atoms with Gasteiger partial charge in [-0.25, -0.2) is 0 Å². The minimum atomic E-state index is -0.549. The molecule has 0 saturated heterocycles. The smallest absolute Gasteiger partial charge is 0.0603 e. The molecule has 80 valence electrons. The summed E-state index contributed by atoms with van der Waals surface area (Å²) < 4.78 is 5.19. The number of aliphatic hydroxyl groups is 1. The Morgan fingerprint density at radius 2 is 2.00 bits per heavy atom. The van der Waals surface area contributed by atoms with Gasteiger partial charge in [0.25, 0.3) is 0 Å². The molecule has 3 nitrogen and oxygen atoms in total. The first-order valence-electron chi connectivity index (χ1n) is 5.07. The minimum Gasteiger partial charge on any atom is -0.390 e. The number of nitrogens with one attached hydrogen (secondary N) is 1. The van der Waals surface area contributed by atoms with E-state index in [2.05, 4.69) is 5.32 Å². The Morgan fingerprint density at radius 3 is 2.54 bits per heavy atom. The standard InChI is InChI=1S/C10H23NO2/c1-4-13-9-5-7-11-8-6-10(2,3)12/h11-12H,4-9H2,1-3H3. The lowest BCUT2D eigenvalue weighted by Gasteiger charge is -2.16. The maximum Gasteiger partial charge on any atom is 0.0603 e. The molecule has 3 heteroatoms. The molecule has 0 aliphatic rings. The Labute approximate surface area is 81.5 Å². The van der Waals surface area contributed by atoms with Gasteiger partial charge in [0.1, 0.15) is 0 Å². The summed E-state index contributed by atoms with van der Waals surface area (Å²) in [6.45, 7) is 9.12. The van der Waals surface area contributed by atoms with Crippen molar-refractivity contribution in [3.05, 3.63) is 0 Å². The predicted octanol–water partition coefficient (Wildman–Crippen LogP) is 1.16. The first kappa shape index (κ1) is 12.9. The highest BCUT2D eigenvalue weighted by molar-refractivity contribution is 4.66. The Morgan fingerprint density at radius 1 is 1.31 bits per heavy atom. The molecule has 0 amide bonds. The van der Waals surface area contributed by atoms with Crippen LogP contribution < -0.4 is 5.32 Å². The van der Waals surface area contributed by atoms with Gasteiger partial charge in [-0.15, -0.1) is 0 Å². The Bertz CT molecular complexity index is 110.